The van der Waals surface area contributed by atoms with Crippen LogP contribution in [0.2, 0.25) is 5.02 Å². The van der Waals surface area contributed by atoms with Crippen LogP contribution < -0.4 is 10.4 Å². The first-order chi connectivity index (χ1) is 18.8. The van der Waals surface area contributed by atoms with E-state index in [9.17, 15) is 18.0 Å². The molecule has 1 aromatic carbocycles. The number of aliphatic carboxylic acids is 1. The van der Waals surface area contributed by atoms with Gasteiger partial charge in [-0.15, -0.1) is 0 Å². The van der Waals surface area contributed by atoms with Crippen LogP contribution in [0.4, 0.5) is 19.0 Å². The number of rotatable bonds is 9. The first kappa shape index (κ1) is 32.7. The standard InChI is InChI=1S/C24H31ClN6O2.C2HF3O2/c1-17(2)15-31(23-21(25)14-27-22(13-26)28-23)29-24(33)20-5-3-19(4-6-20)16-30-10-7-18(8-11-30)9-12-32;3-2(4,5)1(6)7/h3-6,14,17-18,32H,7-12,15-16H2,1-2H3,(H,29,33);(H,6,7). The average Bonchev–Trinajstić information content (AvgIpc) is 2.90. The van der Waals surface area contributed by atoms with Gasteiger partial charge in [0.1, 0.15) is 11.1 Å². The molecule has 0 aliphatic carbocycles. The lowest BCUT2D eigenvalue weighted by Gasteiger charge is -2.31. The van der Waals surface area contributed by atoms with Crippen molar-refractivity contribution in [1.29, 1.82) is 5.26 Å². The number of hydrogen-bond acceptors (Lipinski definition) is 8. The lowest BCUT2D eigenvalue weighted by Crippen LogP contribution is -2.45. The Labute approximate surface area is 235 Å². The molecule has 1 aliphatic heterocycles. The molecule has 2 heterocycles. The van der Waals surface area contributed by atoms with Crippen LogP contribution in [0.25, 0.3) is 0 Å². The Hall–Kier alpha value is -3.47. The number of likely N-dealkylation sites (tertiary alicyclic amines) is 1. The predicted octanol–water partition coefficient (Wildman–Crippen LogP) is 4.04. The van der Waals surface area contributed by atoms with Crippen LogP contribution in [0, 0.1) is 23.2 Å². The van der Waals surface area contributed by atoms with Crippen molar-refractivity contribution in [2.24, 2.45) is 11.8 Å². The average molecular weight is 585 g/mol. The minimum absolute atomic E-state index is 0.0119. The van der Waals surface area contributed by atoms with Crippen LogP contribution in [-0.4, -0.2) is 69.4 Å². The molecule has 3 rings (SSSR count). The number of aliphatic hydroxyl groups is 1. The van der Waals surface area contributed by atoms with Gasteiger partial charge < -0.3 is 10.2 Å². The number of carboxylic acids is 1. The smallest absolute Gasteiger partial charge is 0.475 e. The first-order valence-electron chi connectivity index (χ1n) is 12.6. The summed E-state index contributed by atoms with van der Waals surface area (Å²) >= 11 is 6.26. The summed E-state index contributed by atoms with van der Waals surface area (Å²) in [5.74, 6) is -1.91. The number of nitriles is 1. The lowest BCUT2D eigenvalue weighted by molar-refractivity contribution is -0.192. The van der Waals surface area contributed by atoms with Crippen LogP contribution >= 0.6 is 11.6 Å². The van der Waals surface area contributed by atoms with Gasteiger partial charge in [0.25, 0.3) is 5.91 Å². The molecule has 1 amide bonds. The quantitative estimate of drug-likeness (QED) is 0.372. The highest BCUT2D eigenvalue weighted by molar-refractivity contribution is 6.32. The SMILES string of the molecule is CC(C)CN(NC(=O)c1ccc(CN2CCC(CCO)CC2)cc1)c1nc(C#N)ncc1Cl.O=C(O)C(F)(F)F. The van der Waals surface area contributed by atoms with Gasteiger partial charge in [-0.05, 0) is 61.9 Å². The molecule has 14 heteroatoms. The zero-order chi connectivity index (χ0) is 29.9. The van der Waals surface area contributed by atoms with Crippen molar-refractivity contribution in [1.82, 2.24) is 20.3 Å². The molecular formula is C26H32ClF3N6O4. The van der Waals surface area contributed by atoms with Gasteiger partial charge in [-0.3, -0.25) is 20.1 Å². The number of halogens is 4. The zero-order valence-electron chi connectivity index (χ0n) is 22.2. The molecule has 0 bridgehead atoms. The number of alkyl halides is 3. The van der Waals surface area contributed by atoms with E-state index in [-0.39, 0.29) is 29.3 Å². The number of benzene rings is 1. The molecular weight excluding hydrogens is 553 g/mol. The van der Waals surface area contributed by atoms with Crippen LogP contribution in [0.3, 0.4) is 0 Å². The number of nitrogens with zero attached hydrogens (tertiary/aromatic N) is 5. The van der Waals surface area contributed by atoms with Crippen molar-refractivity contribution >= 4 is 29.3 Å². The van der Waals surface area contributed by atoms with E-state index in [4.69, 9.17) is 31.9 Å². The molecule has 1 saturated heterocycles. The maximum Gasteiger partial charge on any atom is 0.490 e. The highest BCUT2D eigenvalue weighted by atomic mass is 35.5. The van der Waals surface area contributed by atoms with E-state index in [1.54, 1.807) is 5.01 Å². The van der Waals surface area contributed by atoms with Gasteiger partial charge >= 0.3 is 12.1 Å². The third-order valence-corrected chi connectivity index (χ3v) is 6.24. The monoisotopic (exact) mass is 584 g/mol. The van der Waals surface area contributed by atoms with Crippen LogP contribution in [-0.2, 0) is 11.3 Å². The van der Waals surface area contributed by atoms with Gasteiger partial charge in [0, 0.05) is 25.3 Å². The molecule has 40 heavy (non-hydrogen) atoms. The Morgan fingerprint density at radius 1 is 1.25 bits per heavy atom. The van der Waals surface area contributed by atoms with E-state index in [0.717, 1.165) is 44.5 Å². The third-order valence-electron chi connectivity index (χ3n) is 5.97. The number of hydrogen-bond donors (Lipinski definition) is 3. The Morgan fingerprint density at radius 2 is 1.85 bits per heavy atom. The highest BCUT2D eigenvalue weighted by Gasteiger charge is 2.38. The Balaban J connectivity index is 0.000000708. The molecule has 0 spiro atoms. The summed E-state index contributed by atoms with van der Waals surface area (Å²) in [6.07, 6.45) is -0.593. The summed E-state index contributed by atoms with van der Waals surface area (Å²) in [5, 5.41) is 27.2. The van der Waals surface area contributed by atoms with Crippen molar-refractivity contribution in [2.75, 3.05) is 31.3 Å². The second-order valence-corrected chi connectivity index (χ2v) is 10.1. The van der Waals surface area contributed by atoms with Gasteiger partial charge in [0.2, 0.25) is 5.82 Å². The number of aromatic nitrogens is 2. The second kappa shape index (κ2) is 15.4. The van der Waals surface area contributed by atoms with Crippen molar-refractivity contribution in [3.05, 3.63) is 52.4 Å². The summed E-state index contributed by atoms with van der Waals surface area (Å²) in [6, 6.07) is 9.50. The lowest BCUT2D eigenvalue weighted by atomic mass is 9.93. The number of amides is 1. The summed E-state index contributed by atoms with van der Waals surface area (Å²) in [4.78, 5) is 32.3. The largest absolute Gasteiger partial charge is 0.490 e. The molecule has 0 radical (unpaired) electrons. The fourth-order valence-corrected chi connectivity index (χ4v) is 4.17. The van der Waals surface area contributed by atoms with Crippen molar-refractivity contribution in [3.8, 4) is 6.07 Å². The van der Waals surface area contributed by atoms with Crippen molar-refractivity contribution in [3.63, 3.8) is 0 Å². The summed E-state index contributed by atoms with van der Waals surface area (Å²) in [5.41, 5.74) is 4.55. The van der Waals surface area contributed by atoms with E-state index in [2.05, 4.69) is 20.3 Å². The molecule has 1 aromatic heterocycles. The van der Waals surface area contributed by atoms with Crippen LogP contribution in [0.5, 0.6) is 0 Å². The minimum Gasteiger partial charge on any atom is -0.475 e. The number of carboxylic acid groups (broad SMARTS) is 1. The maximum atomic E-state index is 12.9. The Bertz CT molecular complexity index is 1170. The fraction of sp³-hybridized carbons (Fsp3) is 0.500. The number of anilines is 1. The van der Waals surface area contributed by atoms with Crippen LogP contribution in [0.1, 0.15) is 54.9 Å². The fourth-order valence-electron chi connectivity index (χ4n) is 3.97. The van der Waals surface area contributed by atoms with E-state index in [1.165, 1.54) is 6.20 Å². The molecule has 218 valence electrons. The normalized spacial score (nSPS) is 14.2. The predicted molar refractivity (Wildman–Crippen MR) is 141 cm³/mol. The number of carbonyl (C=O) groups excluding carboxylic acids is 1. The second-order valence-electron chi connectivity index (χ2n) is 9.65. The minimum atomic E-state index is -5.08. The van der Waals surface area contributed by atoms with Gasteiger partial charge in [0.05, 0.1) is 6.20 Å². The molecule has 1 aliphatic rings. The number of nitrogens with one attached hydrogen (secondary N) is 1. The van der Waals surface area contributed by atoms with Gasteiger partial charge in [-0.2, -0.15) is 23.4 Å². The molecule has 0 unspecified atom stereocenters. The van der Waals surface area contributed by atoms with E-state index >= 15 is 0 Å². The van der Waals surface area contributed by atoms with Crippen molar-refractivity contribution < 1.29 is 33.0 Å². The molecule has 10 nitrogen and oxygen atoms in total. The third kappa shape index (κ3) is 10.6. The van der Waals surface area contributed by atoms with E-state index < -0.39 is 12.1 Å². The molecule has 0 atom stereocenters. The summed E-state index contributed by atoms with van der Waals surface area (Å²) < 4.78 is 31.7. The first-order valence-corrected chi connectivity index (χ1v) is 12.9. The van der Waals surface area contributed by atoms with Crippen LogP contribution in [0.15, 0.2) is 30.5 Å². The topological polar surface area (TPSA) is 143 Å². The molecule has 0 saturated carbocycles. The molecule has 3 N–H and O–H groups in total. The highest BCUT2D eigenvalue weighted by Crippen LogP contribution is 2.23. The Morgan fingerprint density at radius 3 is 2.35 bits per heavy atom. The van der Waals surface area contributed by atoms with Gasteiger partial charge in [-0.1, -0.05) is 37.6 Å². The molecule has 1 fully saturated rings. The number of hydrazine groups is 1. The number of carbonyl (C=O) groups is 2. The number of piperidine rings is 1. The number of aliphatic hydroxyl groups excluding tert-OH is 1. The van der Waals surface area contributed by atoms with Crippen molar-refractivity contribution in [2.45, 2.75) is 45.8 Å². The zero-order valence-corrected chi connectivity index (χ0v) is 22.9. The Kier molecular flexibility index (Phi) is 12.6. The molecule has 2 aromatic rings. The maximum absolute atomic E-state index is 12.9. The van der Waals surface area contributed by atoms with E-state index in [1.807, 2.05) is 44.2 Å². The van der Waals surface area contributed by atoms with Gasteiger partial charge in [-0.25, -0.2) is 9.78 Å². The summed E-state index contributed by atoms with van der Waals surface area (Å²) in [7, 11) is 0. The van der Waals surface area contributed by atoms with E-state index in [0.29, 0.717) is 23.8 Å². The summed E-state index contributed by atoms with van der Waals surface area (Å²) in [6.45, 7) is 7.68. The van der Waals surface area contributed by atoms with Gasteiger partial charge in [0.15, 0.2) is 5.82 Å².